The van der Waals surface area contributed by atoms with Crippen LogP contribution >= 0.6 is 12.4 Å². The van der Waals surface area contributed by atoms with Crippen molar-refractivity contribution in [3.05, 3.63) is 0 Å². The minimum absolute atomic E-state index is 0. The lowest BCUT2D eigenvalue weighted by Gasteiger charge is -2.34. The standard InChI is InChI=1S/C15H32N4O.ClH/c1-5-6-15(3,16)14(20)17-11-13(2)12-19-9-7-18(4)8-10-19;/h13H,5-12,16H2,1-4H3,(H,17,20);1H. The lowest BCUT2D eigenvalue weighted by Crippen LogP contribution is -2.53. The summed E-state index contributed by atoms with van der Waals surface area (Å²) in [4.78, 5) is 16.9. The number of hydrogen-bond acceptors (Lipinski definition) is 4. The lowest BCUT2D eigenvalue weighted by molar-refractivity contribution is -0.126. The molecule has 1 rings (SSSR count). The number of likely N-dealkylation sites (N-methyl/N-ethyl adjacent to an activating group) is 1. The van der Waals surface area contributed by atoms with Crippen molar-refractivity contribution in [2.75, 3.05) is 46.3 Å². The van der Waals surface area contributed by atoms with Crippen molar-refractivity contribution in [2.24, 2.45) is 11.7 Å². The SMILES string of the molecule is CCCC(C)(N)C(=O)NCC(C)CN1CCN(C)CC1.Cl. The maximum Gasteiger partial charge on any atom is 0.239 e. The first kappa shape index (κ1) is 20.6. The first-order valence-electron chi connectivity index (χ1n) is 7.83. The van der Waals surface area contributed by atoms with Gasteiger partial charge in [-0.2, -0.15) is 0 Å². The summed E-state index contributed by atoms with van der Waals surface area (Å²) in [5.74, 6) is 0.435. The van der Waals surface area contributed by atoms with Gasteiger partial charge in [-0.05, 0) is 26.3 Å². The molecule has 0 saturated carbocycles. The molecule has 3 N–H and O–H groups in total. The Balaban J connectivity index is 0.00000400. The number of amides is 1. The van der Waals surface area contributed by atoms with Gasteiger partial charge in [0.25, 0.3) is 0 Å². The quantitative estimate of drug-likeness (QED) is 0.732. The first-order chi connectivity index (χ1) is 9.35. The van der Waals surface area contributed by atoms with Crippen molar-refractivity contribution in [2.45, 2.75) is 39.2 Å². The Bertz CT molecular complexity index is 304. The number of nitrogens with one attached hydrogen (secondary N) is 1. The third-order valence-electron chi connectivity index (χ3n) is 4.06. The normalized spacial score (nSPS) is 21.2. The number of rotatable bonds is 7. The third kappa shape index (κ3) is 7.45. The van der Waals surface area contributed by atoms with Crippen LogP contribution in [0.1, 0.15) is 33.6 Å². The molecule has 126 valence electrons. The van der Waals surface area contributed by atoms with Crippen LogP contribution in [-0.4, -0.2) is 67.6 Å². The van der Waals surface area contributed by atoms with E-state index in [1.54, 1.807) is 0 Å². The molecular weight excluding hydrogens is 288 g/mol. The van der Waals surface area contributed by atoms with Gasteiger partial charge >= 0.3 is 0 Å². The monoisotopic (exact) mass is 320 g/mol. The molecule has 0 aliphatic carbocycles. The Morgan fingerprint density at radius 2 is 1.90 bits per heavy atom. The van der Waals surface area contributed by atoms with Gasteiger partial charge in [-0.15, -0.1) is 12.4 Å². The molecule has 0 aromatic rings. The van der Waals surface area contributed by atoms with E-state index < -0.39 is 5.54 Å². The number of hydrogen-bond donors (Lipinski definition) is 2. The highest BCUT2D eigenvalue weighted by atomic mass is 35.5. The molecule has 1 fully saturated rings. The van der Waals surface area contributed by atoms with Crippen LogP contribution < -0.4 is 11.1 Å². The molecule has 1 aliphatic heterocycles. The van der Waals surface area contributed by atoms with Crippen LogP contribution in [0.2, 0.25) is 0 Å². The molecule has 0 bridgehead atoms. The van der Waals surface area contributed by atoms with Crippen molar-refractivity contribution in [3.8, 4) is 0 Å². The fourth-order valence-corrected chi connectivity index (χ4v) is 2.64. The number of piperazine rings is 1. The van der Waals surface area contributed by atoms with Crippen molar-refractivity contribution in [3.63, 3.8) is 0 Å². The van der Waals surface area contributed by atoms with Gasteiger partial charge in [0.05, 0.1) is 5.54 Å². The van der Waals surface area contributed by atoms with Gasteiger partial charge in [0.2, 0.25) is 5.91 Å². The Morgan fingerprint density at radius 3 is 2.43 bits per heavy atom. The van der Waals surface area contributed by atoms with Crippen LogP contribution in [0, 0.1) is 5.92 Å². The van der Waals surface area contributed by atoms with Crippen LogP contribution in [0.25, 0.3) is 0 Å². The predicted molar refractivity (Wildman–Crippen MR) is 90.9 cm³/mol. The van der Waals surface area contributed by atoms with E-state index in [4.69, 9.17) is 5.73 Å². The fourth-order valence-electron chi connectivity index (χ4n) is 2.64. The zero-order valence-corrected chi connectivity index (χ0v) is 14.8. The average Bonchev–Trinajstić information content (AvgIpc) is 2.38. The van der Waals surface area contributed by atoms with Crippen LogP contribution in [0.3, 0.4) is 0 Å². The summed E-state index contributed by atoms with van der Waals surface area (Å²) in [6.07, 6.45) is 1.66. The number of nitrogens with two attached hydrogens (primary N) is 1. The zero-order chi connectivity index (χ0) is 15.2. The molecule has 2 atom stereocenters. The molecule has 6 heteroatoms. The van der Waals surface area contributed by atoms with Crippen LogP contribution in [0.4, 0.5) is 0 Å². The Kier molecular flexibility index (Phi) is 9.45. The minimum atomic E-state index is -0.734. The van der Waals surface area contributed by atoms with Gasteiger partial charge in [-0.1, -0.05) is 20.3 Å². The van der Waals surface area contributed by atoms with E-state index in [-0.39, 0.29) is 18.3 Å². The van der Waals surface area contributed by atoms with Gasteiger partial charge in [0.15, 0.2) is 0 Å². The summed E-state index contributed by atoms with van der Waals surface area (Å²) in [6, 6.07) is 0. The zero-order valence-electron chi connectivity index (χ0n) is 14.0. The maximum atomic E-state index is 12.0. The summed E-state index contributed by atoms with van der Waals surface area (Å²) in [6.45, 7) is 12.3. The molecule has 1 heterocycles. The van der Waals surface area contributed by atoms with E-state index >= 15 is 0 Å². The third-order valence-corrected chi connectivity index (χ3v) is 4.06. The van der Waals surface area contributed by atoms with Crippen LogP contribution in [0.15, 0.2) is 0 Å². The highest BCUT2D eigenvalue weighted by Gasteiger charge is 2.27. The molecule has 21 heavy (non-hydrogen) atoms. The fraction of sp³-hybridized carbons (Fsp3) is 0.933. The summed E-state index contributed by atoms with van der Waals surface area (Å²) in [5.41, 5.74) is 5.29. The Hall–Kier alpha value is -0.360. The average molecular weight is 321 g/mol. The van der Waals surface area contributed by atoms with E-state index in [2.05, 4.69) is 29.1 Å². The van der Waals surface area contributed by atoms with Gasteiger partial charge in [0, 0.05) is 39.3 Å². The van der Waals surface area contributed by atoms with Crippen molar-refractivity contribution in [1.82, 2.24) is 15.1 Å². The van der Waals surface area contributed by atoms with E-state index in [1.165, 1.54) is 0 Å². The molecule has 0 radical (unpaired) electrons. The summed E-state index contributed by atoms with van der Waals surface area (Å²) in [7, 11) is 2.16. The molecule has 0 aromatic heterocycles. The van der Waals surface area contributed by atoms with Gasteiger partial charge < -0.3 is 20.9 Å². The Labute approximate surface area is 136 Å². The number of halogens is 1. The second-order valence-electron chi connectivity index (χ2n) is 6.59. The van der Waals surface area contributed by atoms with Gasteiger partial charge in [-0.25, -0.2) is 0 Å². The highest BCUT2D eigenvalue weighted by molar-refractivity contribution is 5.85. The minimum Gasteiger partial charge on any atom is -0.354 e. The van der Waals surface area contributed by atoms with E-state index in [1.807, 2.05) is 13.8 Å². The molecule has 0 aromatic carbocycles. The second-order valence-corrected chi connectivity index (χ2v) is 6.59. The van der Waals surface area contributed by atoms with Crippen molar-refractivity contribution in [1.29, 1.82) is 0 Å². The van der Waals surface area contributed by atoms with Crippen molar-refractivity contribution >= 4 is 18.3 Å². The maximum absolute atomic E-state index is 12.0. The molecule has 1 aliphatic rings. The second kappa shape index (κ2) is 9.62. The van der Waals surface area contributed by atoms with Gasteiger partial charge in [-0.3, -0.25) is 4.79 Å². The molecule has 0 spiro atoms. The largest absolute Gasteiger partial charge is 0.354 e. The predicted octanol–water partition coefficient (Wildman–Crippen LogP) is 0.925. The summed E-state index contributed by atoms with van der Waals surface area (Å²) >= 11 is 0. The van der Waals surface area contributed by atoms with E-state index in [9.17, 15) is 4.79 Å². The highest BCUT2D eigenvalue weighted by Crippen LogP contribution is 2.09. The van der Waals surface area contributed by atoms with Crippen molar-refractivity contribution < 1.29 is 4.79 Å². The van der Waals surface area contributed by atoms with Gasteiger partial charge in [0.1, 0.15) is 0 Å². The van der Waals surface area contributed by atoms with Crippen LogP contribution in [-0.2, 0) is 4.79 Å². The number of carbonyl (C=O) groups is 1. The lowest BCUT2D eigenvalue weighted by atomic mass is 9.96. The molecule has 1 saturated heterocycles. The van der Waals surface area contributed by atoms with Crippen LogP contribution in [0.5, 0.6) is 0 Å². The summed E-state index contributed by atoms with van der Waals surface area (Å²) < 4.78 is 0. The van der Waals surface area contributed by atoms with E-state index in [0.29, 0.717) is 12.5 Å². The molecular formula is C15H33ClN4O. The first-order valence-corrected chi connectivity index (χ1v) is 7.83. The molecule has 1 amide bonds. The number of carbonyl (C=O) groups excluding carboxylic acids is 1. The Morgan fingerprint density at radius 1 is 1.33 bits per heavy atom. The topological polar surface area (TPSA) is 61.6 Å². The number of nitrogens with zero attached hydrogens (tertiary/aromatic N) is 2. The molecule has 2 unspecified atom stereocenters. The molecule has 5 nitrogen and oxygen atoms in total. The van der Waals surface area contributed by atoms with E-state index in [0.717, 1.165) is 45.6 Å². The summed E-state index contributed by atoms with van der Waals surface area (Å²) in [5, 5.41) is 3.00. The smallest absolute Gasteiger partial charge is 0.239 e.